The Balaban J connectivity index is 1.94. The number of benzene rings is 1. The minimum atomic E-state index is -0.130. The number of hydrogen-bond acceptors (Lipinski definition) is 5. The monoisotopic (exact) mass is 303 g/mol. The lowest BCUT2D eigenvalue weighted by molar-refractivity contribution is 0.259. The van der Waals surface area contributed by atoms with Gasteiger partial charge < -0.3 is 9.84 Å². The molecule has 1 aromatic carbocycles. The van der Waals surface area contributed by atoms with Crippen molar-refractivity contribution in [2.75, 3.05) is 18.8 Å². The lowest BCUT2D eigenvalue weighted by atomic mass is 9.73. The molecule has 0 aliphatic carbocycles. The summed E-state index contributed by atoms with van der Waals surface area (Å²) >= 11 is 1.82. The molecule has 0 unspecified atom stereocenters. The minimum Gasteiger partial charge on any atom is -0.338 e. The molecule has 1 N–H and O–H groups in total. The van der Waals surface area contributed by atoms with Crippen LogP contribution in [0.2, 0.25) is 0 Å². The minimum absolute atomic E-state index is 0.130. The van der Waals surface area contributed by atoms with Gasteiger partial charge in [-0.2, -0.15) is 16.7 Å². The van der Waals surface area contributed by atoms with Crippen LogP contribution in [-0.4, -0.2) is 29.0 Å². The highest BCUT2D eigenvalue weighted by Gasteiger charge is 2.40. The van der Waals surface area contributed by atoms with E-state index in [1.165, 1.54) is 5.56 Å². The Hall–Kier alpha value is -1.33. The number of hydrogen-bond donors (Lipinski definition) is 1. The lowest BCUT2D eigenvalue weighted by Gasteiger charge is -2.34. The van der Waals surface area contributed by atoms with E-state index in [-0.39, 0.29) is 5.41 Å². The van der Waals surface area contributed by atoms with Crippen molar-refractivity contribution < 1.29 is 4.52 Å². The Morgan fingerprint density at radius 2 is 2.00 bits per heavy atom. The Morgan fingerprint density at radius 3 is 2.71 bits per heavy atom. The van der Waals surface area contributed by atoms with Gasteiger partial charge in [-0.25, -0.2) is 0 Å². The third-order valence-electron chi connectivity index (χ3n) is 4.10. The van der Waals surface area contributed by atoms with Crippen LogP contribution in [0.4, 0.5) is 0 Å². The van der Waals surface area contributed by atoms with Gasteiger partial charge in [0.2, 0.25) is 5.89 Å². The van der Waals surface area contributed by atoms with E-state index in [9.17, 15) is 0 Å². The van der Waals surface area contributed by atoms with Crippen molar-refractivity contribution in [2.45, 2.75) is 30.9 Å². The highest BCUT2D eigenvalue weighted by Crippen LogP contribution is 2.39. The Kier molecular flexibility index (Phi) is 4.60. The largest absolute Gasteiger partial charge is 0.338 e. The highest BCUT2D eigenvalue weighted by atomic mass is 32.2. The van der Waals surface area contributed by atoms with Crippen LogP contribution >= 0.6 is 11.8 Å². The first-order valence-electron chi connectivity index (χ1n) is 7.52. The van der Waals surface area contributed by atoms with E-state index in [4.69, 9.17) is 9.51 Å². The summed E-state index contributed by atoms with van der Waals surface area (Å²) in [7, 11) is 0. The van der Waals surface area contributed by atoms with Crippen LogP contribution < -0.4 is 5.32 Å². The zero-order chi connectivity index (χ0) is 14.5. The second-order valence-corrected chi connectivity index (χ2v) is 6.63. The molecule has 0 spiro atoms. The van der Waals surface area contributed by atoms with Crippen LogP contribution in [0.3, 0.4) is 0 Å². The van der Waals surface area contributed by atoms with E-state index in [0.29, 0.717) is 0 Å². The molecule has 112 valence electrons. The molecule has 1 aliphatic rings. The van der Waals surface area contributed by atoms with Crippen molar-refractivity contribution in [1.82, 2.24) is 15.5 Å². The highest BCUT2D eigenvalue weighted by molar-refractivity contribution is 7.98. The van der Waals surface area contributed by atoms with E-state index in [1.807, 2.05) is 11.8 Å². The fourth-order valence-electron chi connectivity index (χ4n) is 2.94. The molecule has 4 nitrogen and oxygen atoms in total. The molecule has 0 saturated carbocycles. The number of thioether (sulfide) groups is 1. The molecule has 2 heterocycles. The Bertz CT molecular complexity index is 564. The van der Waals surface area contributed by atoms with E-state index >= 15 is 0 Å². The summed E-state index contributed by atoms with van der Waals surface area (Å²) in [6.07, 6.45) is 2.00. The molecule has 21 heavy (non-hydrogen) atoms. The summed E-state index contributed by atoms with van der Waals surface area (Å²) in [5, 5.41) is 7.60. The predicted octanol–water partition coefficient (Wildman–Crippen LogP) is 2.99. The molecule has 0 atom stereocenters. The van der Waals surface area contributed by atoms with E-state index in [2.05, 4.69) is 47.7 Å². The molecule has 0 amide bonds. The first-order valence-corrected chi connectivity index (χ1v) is 8.68. The molecule has 1 saturated heterocycles. The number of nitrogens with one attached hydrogen (secondary N) is 1. The zero-order valence-electron chi connectivity index (χ0n) is 12.3. The normalized spacial score (nSPS) is 17.8. The maximum Gasteiger partial charge on any atom is 0.237 e. The molecule has 1 fully saturated rings. The van der Waals surface area contributed by atoms with Gasteiger partial charge in [0, 0.05) is 0 Å². The average molecular weight is 303 g/mol. The van der Waals surface area contributed by atoms with Crippen LogP contribution in [0.25, 0.3) is 0 Å². The molecular formula is C16H21N3OS. The first kappa shape index (κ1) is 14.6. The topological polar surface area (TPSA) is 51.0 Å². The predicted molar refractivity (Wildman–Crippen MR) is 85.5 cm³/mol. The van der Waals surface area contributed by atoms with Gasteiger partial charge in [0.25, 0.3) is 0 Å². The SMILES string of the molecule is CCSCc1noc(C2(c3ccccc3)CCNCC2)n1. The summed E-state index contributed by atoms with van der Waals surface area (Å²) in [6.45, 7) is 4.11. The summed E-state index contributed by atoms with van der Waals surface area (Å²) < 4.78 is 5.66. The molecular weight excluding hydrogens is 282 g/mol. The lowest BCUT2D eigenvalue weighted by Crippen LogP contribution is -2.41. The van der Waals surface area contributed by atoms with Gasteiger partial charge in [-0.15, -0.1) is 0 Å². The zero-order valence-corrected chi connectivity index (χ0v) is 13.2. The molecule has 1 aromatic heterocycles. The average Bonchev–Trinajstić information content (AvgIpc) is 3.04. The molecule has 0 radical (unpaired) electrons. The van der Waals surface area contributed by atoms with Gasteiger partial charge in [-0.05, 0) is 37.2 Å². The van der Waals surface area contributed by atoms with Gasteiger partial charge in [0.1, 0.15) is 0 Å². The maximum absolute atomic E-state index is 5.66. The second kappa shape index (κ2) is 6.62. The van der Waals surface area contributed by atoms with Crippen molar-refractivity contribution in [1.29, 1.82) is 0 Å². The van der Waals surface area contributed by atoms with Crippen molar-refractivity contribution in [2.24, 2.45) is 0 Å². The third kappa shape index (κ3) is 2.99. The van der Waals surface area contributed by atoms with E-state index in [0.717, 1.165) is 49.2 Å². The quantitative estimate of drug-likeness (QED) is 0.920. The van der Waals surface area contributed by atoms with Gasteiger partial charge in [0.05, 0.1) is 11.2 Å². The van der Waals surface area contributed by atoms with E-state index in [1.54, 1.807) is 0 Å². The van der Waals surface area contributed by atoms with Crippen molar-refractivity contribution >= 4 is 11.8 Å². The third-order valence-corrected chi connectivity index (χ3v) is 4.97. The fourth-order valence-corrected chi connectivity index (χ4v) is 3.44. The van der Waals surface area contributed by atoms with Crippen molar-refractivity contribution in [3.8, 4) is 0 Å². The summed E-state index contributed by atoms with van der Waals surface area (Å²) in [6, 6.07) is 10.6. The van der Waals surface area contributed by atoms with Crippen LogP contribution in [0.1, 0.15) is 37.0 Å². The van der Waals surface area contributed by atoms with Gasteiger partial charge in [0.15, 0.2) is 5.82 Å². The Morgan fingerprint density at radius 1 is 1.24 bits per heavy atom. The van der Waals surface area contributed by atoms with Crippen LogP contribution in [0.5, 0.6) is 0 Å². The van der Waals surface area contributed by atoms with Crippen LogP contribution in [0.15, 0.2) is 34.9 Å². The van der Waals surface area contributed by atoms with Gasteiger partial charge >= 0.3 is 0 Å². The fraction of sp³-hybridized carbons (Fsp3) is 0.500. The number of rotatable bonds is 5. The molecule has 0 bridgehead atoms. The number of nitrogens with zero attached hydrogens (tertiary/aromatic N) is 2. The maximum atomic E-state index is 5.66. The summed E-state index contributed by atoms with van der Waals surface area (Å²) in [4.78, 5) is 4.69. The van der Waals surface area contributed by atoms with Gasteiger partial charge in [-0.3, -0.25) is 0 Å². The number of piperidine rings is 1. The number of aromatic nitrogens is 2. The van der Waals surface area contributed by atoms with Crippen molar-refractivity contribution in [3.63, 3.8) is 0 Å². The molecule has 1 aliphatic heterocycles. The van der Waals surface area contributed by atoms with E-state index < -0.39 is 0 Å². The second-order valence-electron chi connectivity index (χ2n) is 5.35. The molecule has 5 heteroatoms. The first-order chi connectivity index (χ1) is 10.3. The summed E-state index contributed by atoms with van der Waals surface area (Å²) in [5.41, 5.74) is 1.15. The van der Waals surface area contributed by atoms with Crippen LogP contribution in [0, 0.1) is 0 Å². The molecule has 2 aromatic rings. The van der Waals surface area contributed by atoms with Crippen molar-refractivity contribution in [3.05, 3.63) is 47.6 Å². The standard InChI is InChI=1S/C16H21N3OS/c1-2-21-12-14-18-15(20-19-14)16(8-10-17-11-9-16)13-6-4-3-5-7-13/h3-7,17H,2,8-12H2,1H3. The summed E-state index contributed by atoms with van der Waals surface area (Å²) in [5.74, 6) is 3.48. The smallest absolute Gasteiger partial charge is 0.237 e. The van der Waals surface area contributed by atoms with Crippen LogP contribution in [-0.2, 0) is 11.2 Å². The molecule has 3 rings (SSSR count). The van der Waals surface area contributed by atoms with Gasteiger partial charge in [-0.1, -0.05) is 42.4 Å². The Labute approximate surface area is 129 Å².